The molecule has 0 saturated carbocycles. The quantitative estimate of drug-likeness (QED) is 0.884. The maximum atomic E-state index is 12.5. The Morgan fingerprint density at radius 3 is 2.35 bits per heavy atom. The third-order valence-electron chi connectivity index (χ3n) is 2.17. The van der Waals surface area contributed by atoms with Gasteiger partial charge < -0.3 is 10.2 Å². The van der Waals surface area contributed by atoms with Crippen LogP contribution in [0.5, 0.6) is 0 Å². The molecule has 0 aliphatic heterocycles. The summed E-state index contributed by atoms with van der Waals surface area (Å²) in [7, 11) is 0. The van der Waals surface area contributed by atoms with E-state index in [0.717, 1.165) is 0 Å². The molecule has 1 aromatic rings. The normalized spacial score (nSPS) is 15.4. The summed E-state index contributed by atoms with van der Waals surface area (Å²) in [6.07, 6.45) is -6.35. The molecule has 1 aromatic carbocycles. The highest BCUT2D eigenvalue weighted by atomic mass is 35.5. The van der Waals surface area contributed by atoms with E-state index < -0.39 is 24.2 Å². The molecule has 0 heterocycles. The Hall–Kier alpha value is -1.27. The van der Waals surface area contributed by atoms with Crippen LogP contribution in [0.4, 0.5) is 13.2 Å². The Morgan fingerprint density at radius 1 is 1.35 bits per heavy atom. The van der Waals surface area contributed by atoms with E-state index in [4.69, 9.17) is 16.7 Å². The van der Waals surface area contributed by atoms with Gasteiger partial charge in [0.25, 0.3) is 5.60 Å². The topological polar surface area (TPSA) is 57.5 Å². The Balaban J connectivity index is 3.08. The fraction of sp³-hybridized carbons (Fsp3) is 0.300. The first-order chi connectivity index (χ1) is 7.67. The minimum Gasteiger partial charge on any atom is -0.479 e. The summed E-state index contributed by atoms with van der Waals surface area (Å²) in [4.78, 5) is 10.6. The second-order valence-electron chi connectivity index (χ2n) is 3.47. The lowest BCUT2D eigenvalue weighted by atomic mass is 9.94. The number of hydrogen-bond acceptors (Lipinski definition) is 2. The van der Waals surface area contributed by atoms with Gasteiger partial charge >= 0.3 is 12.1 Å². The summed E-state index contributed by atoms with van der Waals surface area (Å²) in [5.41, 5.74) is -3.82. The van der Waals surface area contributed by atoms with Crippen molar-refractivity contribution in [2.75, 3.05) is 0 Å². The first-order valence-corrected chi connectivity index (χ1v) is 4.81. The summed E-state index contributed by atoms with van der Waals surface area (Å²) in [5, 5.41) is 17.9. The number of carboxylic acid groups (broad SMARTS) is 1. The maximum absolute atomic E-state index is 12.5. The van der Waals surface area contributed by atoms with Crippen molar-refractivity contribution in [1.82, 2.24) is 0 Å². The molecule has 2 N–H and O–H groups in total. The highest BCUT2D eigenvalue weighted by Crippen LogP contribution is 2.34. The standard InChI is InChI=1S/C10H8ClF3O3/c11-7-3-1-2-6(4-7)5-9(17,8(15)16)10(12,13)14/h1-4,17H,5H2,(H,15,16). The average Bonchev–Trinajstić information content (AvgIpc) is 2.15. The van der Waals surface area contributed by atoms with Crippen LogP contribution in [0.3, 0.4) is 0 Å². The Morgan fingerprint density at radius 2 is 1.94 bits per heavy atom. The number of benzene rings is 1. The van der Waals surface area contributed by atoms with Crippen LogP contribution >= 0.6 is 11.6 Å². The monoisotopic (exact) mass is 268 g/mol. The molecule has 1 atom stereocenters. The van der Waals surface area contributed by atoms with E-state index in [9.17, 15) is 23.1 Å². The molecule has 0 bridgehead atoms. The van der Waals surface area contributed by atoms with Gasteiger partial charge in [0.15, 0.2) is 0 Å². The van der Waals surface area contributed by atoms with Crippen molar-refractivity contribution in [2.45, 2.75) is 18.2 Å². The second-order valence-corrected chi connectivity index (χ2v) is 3.91. The van der Waals surface area contributed by atoms with Crippen LogP contribution in [0, 0.1) is 0 Å². The molecule has 0 spiro atoms. The Bertz CT molecular complexity index is 433. The number of carboxylic acids is 1. The summed E-state index contributed by atoms with van der Waals surface area (Å²) < 4.78 is 37.4. The van der Waals surface area contributed by atoms with Crippen LogP contribution in [-0.4, -0.2) is 28.0 Å². The predicted octanol–water partition coefficient (Wildman–Crippen LogP) is 2.26. The number of alkyl halides is 3. The molecular weight excluding hydrogens is 261 g/mol. The molecule has 17 heavy (non-hydrogen) atoms. The fourth-order valence-corrected chi connectivity index (χ4v) is 1.45. The summed E-state index contributed by atoms with van der Waals surface area (Å²) >= 11 is 5.56. The highest BCUT2D eigenvalue weighted by Gasteiger charge is 2.59. The van der Waals surface area contributed by atoms with Crippen molar-refractivity contribution in [1.29, 1.82) is 0 Å². The zero-order valence-corrected chi connectivity index (χ0v) is 9.09. The molecule has 1 unspecified atom stereocenters. The summed E-state index contributed by atoms with van der Waals surface area (Å²) in [6.45, 7) is 0. The first-order valence-electron chi connectivity index (χ1n) is 4.44. The zero-order valence-electron chi connectivity index (χ0n) is 8.33. The molecule has 0 aliphatic carbocycles. The molecule has 0 aliphatic rings. The second kappa shape index (κ2) is 4.54. The Kier molecular flexibility index (Phi) is 3.68. The summed E-state index contributed by atoms with van der Waals surface area (Å²) in [5.74, 6) is -2.34. The lowest BCUT2D eigenvalue weighted by Gasteiger charge is -2.26. The minimum atomic E-state index is -5.26. The molecule has 0 fully saturated rings. The van der Waals surface area contributed by atoms with Crippen LogP contribution in [0.2, 0.25) is 5.02 Å². The smallest absolute Gasteiger partial charge is 0.428 e. The molecular formula is C10H8ClF3O3. The molecule has 0 amide bonds. The van der Waals surface area contributed by atoms with Gasteiger partial charge in [-0.1, -0.05) is 23.7 Å². The van der Waals surface area contributed by atoms with Crippen molar-refractivity contribution in [2.24, 2.45) is 0 Å². The number of rotatable bonds is 3. The lowest BCUT2D eigenvalue weighted by molar-refractivity contribution is -0.259. The average molecular weight is 269 g/mol. The highest BCUT2D eigenvalue weighted by molar-refractivity contribution is 6.30. The minimum absolute atomic E-state index is 0.0141. The molecule has 94 valence electrons. The van der Waals surface area contributed by atoms with Gasteiger partial charge in [0.1, 0.15) is 0 Å². The van der Waals surface area contributed by atoms with E-state index >= 15 is 0 Å². The Labute approximate surface area is 99.4 Å². The molecule has 3 nitrogen and oxygen atoms in total. The van der Waals surface area contributed by atoms with Gasteiger partial charge in [0.05, 0.1) is 0 Å². The fourth-order valence-electron chi connectivity index (χ4n) is 1.24. The van der Waals surface area contributed by atoms with Gasteiger partial charge in [0.2, 0.25) is 0 Å². The van der Waals surface area contributed by atoms with E-state index in [1.165, 1.54) is 24.3 Å². The van der Waals surface area contributed by atoms with E-state index in [2.05, 4.69) is 0 Å². The third kappa shape index (κ3) is 2.89. The van der Waals surface area contributed by atoms with Crippen LogP contribution in [-0.2, 0) is 11.2 Å². The number of aliphatic carboxylic acids is 1. The van der Waals surface area contributed by atoms with E-state index in [1.807, 2.05) is 0 Å². The summed E-state index contributed by atoms with van der Waals surface area (Å²) in [6, 6.07) is 5.22. The van der Waals surface area contributed by atoms with Gasteiger partial charge in [-0.15, -0.1) is 0 Å². The zero-order chi connectivity index (χ0) is 13.3. The van der Waals surface area contributed by atoms with E-state index in [-0.39, 0.29) is 10.6 Å². The van der Waals surface area contributed by atoms with Gasteiger partial charge in [-0.05, 0) is 17.7 Å². The van der Waals surface area contributed by atoms with Crippen LogP contribution in [0.1, 0.15) is 5.56 Å². The molecule has 0 aromatic heterocycles. The maximum Gasteiger partial charge on any atom is 0.428 e. The molecule has 7 heteroatoms. The van der Waals surface area contributed by atoms with Crippen molar-refractivity contribution in [3.63, 3.8) is 0 Å². The number of aliphatic hydroxyl groups is 1. The molecule has 0 radical (unpaired) electrons. The third-order valence-corrected chi connectivity index (χ3v) is 2.41. The lowest BCUT2D eigenvalue weighted by Crippen LogP contribution is -2.53. The number of hydrogen-bond donors (Lipinski definition) is 2. The van der Waals surface area contributed by atoms with Gasteiger partial charge in [-0.25, -0.2) is 4.79 Å². The molecule has 0 saturated heterocycles. The molecule has 1 rings (SSSR count). The van der Waals surface area contributed by atoms with Crippen molar-refractivity contribution < 1.29 is 28.2 Å². The van der Waals surface area contributed by atoms with Crippen LogP contribution in [0.15, 0.2) is 24.3 Å². The SMILES string of the molecule is O=C(O)C(O)(Cc1cccc(Cl)c1)C(F)(F)F. The largest absolute Gasteiger partial charge is 0.479 e. The number of carbonyl (C=O) groups is 1. The predicted molar refractivity (Wildman–Crippen MR) is 53.8 cm³/mol. The van der Waals surface area contributed by atoms with Gasteiger partial charge in [0, 0.05) is 11.4 Å². The van der Waals surface area contributed by atoms with E-state index in [1.54, 1.807) is 0 Å². The van der Waals surface area contributed by atoms with Crippen molar-refractivity contribution in [3.8, 4) is 0 Å². The van der Waals surface area contributed by atoms with E-state index in [0.29, 0.717) is 0 Å². The van der Waals surface area contributed by atoms with Crippen LogP contribution < -0.4 is 0 Å². The first kappa shape index (κ1) is 13.8. The van der Waals surface area contributed by atoms with Crippen molar-refractivity contribution in [3.05, 3.63) is 34.9 Å². The van der Waals surface area contributed by atoms with Gasteiger partial charge in [-0.3, -0.25) is 0 Å². The van der Waals surface area contributed by atoms with Crippen LogP contribution in [0.25, 0.3) is 0 Å². The number of halogens is 4. The van der Waals surface area contributed by atoms with Crippen molar-refractivity contribution >= 4 is 17.6 Å². The van der Waals surface area contributed by atoms with Gasteiger partial charge in [-0.2, -0.15) is 13.2 Å².